The van der Waals surface area contributed by atoms with Crippen molar-refractivity contribution in [2.75, 3.05) is 20.1 Å². The summed E-state index contributed by atoms with van der Waals surface area (Å²) in [5.74, 6) is 0. The second-order valence-corrected chi connectivity index (χ2v) is 4.24. The Morgan fingerprint density at radius 3 is 1.92 bits per heavy atom. The van der Waals surface area contributed by atoms with E-state index in [1.807, 2.05) is 7.05 Å². The van der Waals surface area contributed by atoms with Crippen molar-refractivity contribution in [3.8, 4) is 0 Å². The lowest BCUT2D eigenvalue weighted by Gasteiger charge is -2.30. The summed E-state index contributed by atoms with van der Waals surface area (Å²) in [5, 5.41) is 3.18. The summed E-state index contributed by atoms with van der Waals surface area (Å²) >= 11 is 0. The maximum Gasteiger partial charge on any atom is 0.00412 e. The minimum atomic E-state index is 0.676. The highest BCUT2D eigenvalue weighted by Gasteiger charge is 2.11. The van der Waals surface area contributed by atoms with Gasteiger partial charge >= 0.3 is 0 Å². The number of nitrogens with one attached hydrogen (secondary N) is 1. The van der Waals surface area contributed by atoms with Crippen molar-refractivity contribution in [2.45, 2.75) is 52.6 Å². The molecule has 0 aliphatic rings. The van der Waals surface area contributed by atoms with Crippen LogP contribution in [0.15, 0.2) is 0 Å². The first-order valence-electron chi connectivity index (χ1n) is 5.50. The molecule has 0 radical (unpaired) electrons. The third-order valence-electron chi connectivity index (χ3n) is 2.42. The minimum Gasteiger partial charge on any atom is -0.320 e. The molecule has 1 N–H and O–H groups in total. The monoisotopic (exact) mass is 186 g/mol. The van der Waals surface area contributed by atoms with Gasteiger partial charge in [0.15, 0.2) is 0 Å². The van der Waals surface area contributed by atoms with E-state index in [2.05, 4.69) is 37.9 Å². The molecule has 2 nitrogen and oxygen atoms in total. The van der Waals surface area contributed by atoms with E-state index in [9.17, 15) is 0 Å². The Labute approximate surface area is 83.7 Å². The predicted molar refractivity (Wildman–Crippen MR) is 60.1 cm³/mol. The van der Waals surface area contributed by atoms with Gasteiger partial charge in [-0.3, -0.25) is 4.90 Å². The average Bonchev–Trinajstić information content (AvgIpc) is 2.02. The Morgan fingerprint density at radius 1 is 1.00 bits per heavy atom. The molecule has 0 amide bonds. The number of unbranched alkanes of at least 4 members (excludes halogenated alkanes) is 1. The van der Waals surface area contributed by atoms with Crippen LogP contribution in [0.3, 0.4) is 0 Å². The molecule has 0 aromatic rings. The summed E-state index contributed by atoms with van der Waals surface area (Å²) in [7, 11) is 2.02. The molecule has 80 valence electrons. The van der Waals surface area contributed by atoms with Gasteiger partial charge in [0.2, 0.25) is 0 Å². The van der Waals surface area contributed by atoms with Crippen molar-refractivity contribution < 1.29 is 0 Å². The van der Waals surface area contributed by atoms with Crippen LogP contribution in [0.1, 0.15) is 40.5 Å². The third-order valence-corrected chi connectivity index (χ3v) is 2.42. The molecule has 0 unspecified atom stereocenters. The zero-order chi connectivity index (χ0) is 10.3. The third kappa shape index (κ3) is 6.05. The number of hydrogen-bond acceptors (Lipinski definition) is 2. The van der Waals surface area contributed by atoms with Crippen LogP contribution in [0.25, 0.3) is 0 Å². The second-order valence-electron chi connectivity index (χ2n) is 4.24. The van der Waals surface area contributed by atoms with Gasteiger partial charge in [0, 0.05) is 12.1 Å². The van der Waals surface area contributed by atoms with Crippen molar-refractivity contribution in [3.05, 3.63) is 0 Å². The molecule has 0 aromatic heterocycles. The normalized spacial score (nSPS) is 12.0. The van der Waals surface area contributed by atoms with Gasteiger partial charge in [-0.15, -0.1) is 0 Å². The standard InChI is InChI=1S/C11H26N2/c1-10(2)13(11(3)4)9-7-6-8-12-5/h10-12H,6-9H2,1-5H3. The SMILES string of the molecule is CNCCCCN(C(C)C)C(C)C. The Morgan fingerprint density at radius 2 is 1.54 bits per heavy atom. The van der Waals surface area contributed by atoms with Crippen molar-refractivity contribution >= 4 is 0 Å². The highest BCUT2D eigenvalue weighted by molar-refractivity contribution is 4.67. The van der Waals surface area contributed by atoms with E-state index in [-0.39, 0.29) is 0 Å². The molecule has 0 aromatic carbocycles. The van der Waals surface area contributed by atoms with Gasteiger partial charge in [0.05, 0.1) is 0 Å². The van der Waals surface area contributed by atoms with Gasteiger partial charge in [-0.25, -0.2) is 0 Å². The molecule has 0 bridgehead atoms. The molecule has 0 atom stereocenters. The molecular weight excluding hydrogens is 160 g/mol. The zero-order valence-corrected chi connectivity index (χ0v) is 9.93. The lowest BCUT2D eigenvalue weighted by atomic mass is 10.2. The summed E-state index contributed by atoms with van der Waals surface area (Å²) in [6.45, 7) is 11.5. The van der Waals surface area contributed by atoms with E-state index in [1.165, 1.54) is 19.4 Å². The Bertz CT molecular complexity index is 103. The Kier molecular flexibility index (Phi) is 7.29. The van der Waals surface area contributed by atoms with Crippen LogP contribution in [0.2, 0.25) is 0 Å². The molecule has 0 aliphatic carbocycles. The van der Waals surface area contributed by atoms with E-state index >= 15 is 0 Å². The number of hydrogen-bond donors (Lipinski definition) is 1. The van der Waals surface area contributed by atoms with Gasteiger partial charge in [0.25, 0.3) is 0 Å². The van der Waals surface area contributed by atoms with Crippen LogP contribution < -0.4 is 5.32 Å². The molecule has 0 rings (SSSR count). The Balaban J connectivity index is 3.58. The smallest absolute Gasteiger partial charge is 0.00412 e. The van der Waals surface area contributed by atoms with Crippen LogP contribution in [0.5, 0.6) is 0 Å². The lowest BCUT2D eigenvalue weighted by molar-refractivity contribution is 0.172. The van der Waals surface area contributed by atoms with Crippen LogP contribution in [0, 0.1) is 0 Å². The fraction of sp³-hybridized carbons (Fsp3) is 1.00. The summed E-state index contributed by atoms with van der Waals surface area (Å²) < 4.78 is 0. The fourth-order valence-corrected chi connectivity index (χ4v) is 1.71. The van der Waals surface area contributed by atoms with E-state index in [4.69, 9.17) is 0 Å². The quantitative estimate of drug-likeness (QED) is 0.613. The van der Waals surface area contributed by atoms with Crippen LogP contribution in [-0.4, -0.2) is 37.1 Å². The van der Waals surface area contributed by atoms with Crippen LogP contribution >= 0.6 is 0 Å². The summed E-state index contributed by atoms with van der Waals surface area (Å²) in [4.78, 5) is 2.55. The van der Waals surface area contributed by atoms with Gasteiger partial charge in [0.1, 0.15) is 0 Å². The fourth-order valence-electron chi connectivity index (χ4n) is 1.71. The highest BCUT2D eigenvalue weighted by Crippen LogP contribution is 2.06. The molecule has 13 heavy (non-hydrogen) atoms. The van der Waals surface area contributed by atoms with Crippen molar-refractivity contribution in [3.63, 3.8) is 0 Å². The predicted octanol–water partition coefficient (Wildman–Crippen LogP) is 2.10. The largest absolute Gasteiger partial charge is 0.320 e. The van der Waals surface area contributed by atoms with Gasteiger partial charge in [-0.2, -0.15) is 0 Å². The van der Waals surface area contributed by atoms with Gasteiger partial charge in [-0.1, -0.05) is 0 Å². The number of nitrogens with zero attached hydrogens (tertiary/aromatic N) is 1. The summed E-state index contributed by atoms with van der Waals surface area (Å²) in [5.41, 5.74) is 0. The molecular formula is C11H26N2. The van der Waals surface area contributed by atoms with Crippen molar-refractivity contribution in [2.24, 2.45) is 0 Å². The first kappa shape index (κ1) is 12.9. The van der Waals surface area contributed by atoms with Gasteiger partial charge in [-0.05, 0) is 60.7 Å². The number of rotatable bonds is 7. The molecule has 0 heterocycles. The van der Waals surface area contributed by atoms with Crippen molar-refractivity contribution in [1.29, 1.82) is 0 Å². The van der Waals surface area contributed by atoms with E-state index < -0.39 is 0 Å². The molecule has 0 aliphatic heterocycles. The Hall–Kier alpha value is -0.0800. The second kappa shape index (κ2) is 7.34. The maximum atomic E-state index is 3.18. The van der Waals surface area contributed by atoms with Crippen LogP contribution in [0.4, 0.5) is 0 Å². The average molecular weight is 186 g/mol. The molecule has 0 spiro atoms. The summed E-state index contributed by atoms with van der Waals surface area (Å²) in [6.07, 6.45) is 2.59. The van der Waals surface area contributed by atoms with Crippen molar-refractivity contribution in [1.82, 2.24) is 10.2 Å². The van der Waals surface area contributed by atoms with Gasteiger partial charge < -0.3 is 5.32 Å². The van der Waals surface area contributed by atoms with E-state index in [0.29, 0.717) is 12.1 Å². The minimum absolute atomic E-state index is 0.676. The molecule has 2 heteroatoms. The first-order chi connectivity index (χ1) is 6.09. The maximum absolute atomic E-state index is 3.18. The van der Waals surface area contributed by atoms with E-state index in [0.717, 1.165) is 6.54 Å². The lowest BCUT2D eigenvalue weighted by Crippen LogP contribution is -2.37. The van der Waals surface area contributed by atoms with Crippen LogP contribution in [-0.2, 0) is 0 Å². The topological polar surface area (TPSA) is 15.3 Å². The molecule has 0 fully saturated rings. The van der Waals surface area contributed by atoms with E-state index in [1.54, 1.807) is 0 Å². The highest BCUT2D eigenvalue weighted by atomic mass is 15.2. The summed E-state index contributed by atoms with van der Waals surface area (Å²) in [6, 6.07) is 1.35. The first-order valence-corrected chi connectivity index (χ1v) is 5.50. The molecule has 0 saturated heterocycles. The molecule has 0 saturated carbocycles. The zero-order valence-electron chi connectivity index (χ0n) is 9.93.